The standard InChI is InChI=1S/C14H20N2OS/c1-2-17-13-9-7-12(8-10-13)16-14(18)15-11-5-3-4-6-11/h7-11H,2-6H2,1H3,(H2,15,16,18). The molecule has 2 rings (SSSR count). The number of thiocarbonyl (C=S) groups is 1. The summed E-state index contributed by atoms with van der Waals surface area (Å²) < 4.78 is 5.40. The van der Waals surface area contributed by atoms with Crippen LogP contribution in [0.5, 0.6) is 5.75 Å². The van der Waals surface area contributed by atoms with E-state index in [0.717, 1.165) is 11.4 Å². The third kappa shape index (κ3) is 3.88. The smallest absolute Gasteiger partial charge is 0.170 e. The molecule has 0 bridgehead atoms. The first kappa shape index (κ1) is 13.1. The van der Waals surface area contributed by atoms with E-state index in [-0.39, 0.29) is 0 Å². The molecule has 0 unspecified atom stereocenters. The average molecular weight is 264 g/mol. The van der Waals surface area contributed by atoms with Gasteiger partial charge in [-0.3, -0.25) is 0 Å². The molecular formula is C14H20N2OS. The van der Waals surface area contributed by atoms with Crippen molar-refractivity contribution in [3.63, 3.8) is 0 Å². The third-order valence-corrected chi connectivity index (χ3v) is 3.33. The van der Waals surface area contributed by atoms with Crippen molar-refractivity contribution in [3.8, 4) is 5.75 Å². The number of hydrogen-bond donors (Lipinski definition) is 2. The minimum atomic E-state index is 0.549. The number of nitrogens with one attached hydrogen (secondary N) is 2. The quantitative estimate of drug-likeness (QED) is 0.817. The number of anilines is 1. The molecule has 0 heterocycles. The molecular weight excluding hydrogens is 244 g/mol. The van der Waals surface area contributed by atoms with Crippen molar-refractivity contribution in [3.05, 3.63) is 24.3 Å². The summed E-state index contributed by atoms with van der Waals surface area (Å²) in [4.78, 5) is 0. The van der Waals surface area contributed by atoms with Gasteiger partial charge in [0.25, 0.3) is 0 Å². The molecule has 1 saturated carbocycles. The largest absolute Gasteiger partial charge is 0.494 e. The molecule has 4 heteroatoms. The molecule has 2 N–H and O–H groups in total. The number of hydrogen-bond acceptors (Lipinski definition) is 2. The lowest BCUT2D eigenvalue weighted by Gasteiger charge is -2.15. The van der Waals surface area contributed by atoms with Crippen LogP contribution >= 0.6 is 12.2 Å². The van der Waals surface area contributed by atoms with Crippen molar-refractivity contribution < 1.29 is 4.74 Å². The van der Waals surface area contributed by atoms with E-state index in [9.17, 15) is 0 Å². The Hall–Kier alpha value is -1.29. The summed E-state index contributed by atoms with van der Waals surface area (Å²) in [6.07, 6.45) is 5.07. The second kappa shape index (κ2) is 6.59. The van der Waals surface area contributed by atoms with Gasteiger partial charge in [-0.05, 0) is 56.2 Å². The van der Waals surface area contributed by atoms with E-state index in [2.05, 4.69) is 10.6 Å². The van der Waals surface area contributed by atoms with E-state index in [1.54, 1.807) is 0 Å². The molecule has 18 heavy (non-hydrogen) atoms. The Morgan fingerprint density at radius 3 is 2.56 bits per heavy atom. The van der Waals surface area contributed by atoms with E-state index in [1.165, 1.54) is 25.7 Å². The van der Waals surface area contributed by atoms with Gasteiger partial charge < -0.3 is 15.4 Å². The highest BCUT2D eigenvalue weighted by molar-refractivity contribution is 7.80. The van der Waals surface area contributed by atoms with Gasteiger partial charge in [-0.2, -0.15) is 0 Å². The SMILES string of the molecule is CCOc1ccc(NC(=S)NC2CCCC2)cc1. The molecule has 0 radical (unpaired) electrons. The topological polar surface area (TPSA) is 33.3 Å². The Morgan fingerprint density at radius 1 is 1.28 bits per heavy atom. The Kier molecular flexibility index (Phi) is 4.81. The molecule has 0 aromatic heterocycles. The highest BCUT2D eigenvalue weighted by Gasteiger charge is 2.15. The minimum Gasteiger partial charge on any atom is -0.494 e. The van der Waals surface area contributed by atoms with Gasteiger partial charge in [-0.25, -0.2) is 0 Å². The Labute approximate surface area is 114 Å². The maximum Gasteiger partial charge on any atom is 0.170 e. The van der Waals surface area contributed by atoms with E-state index >= 15 is 0 Å². The van der Waals surface area contributed by atoms with Crippen LogP contribution in [0.1, 0.15) is 32.6 Å². The van der Waals surface area contributed by atoms with E-state index in [4.69, 9.17) is 17.0 Å². The predicted molar refractivity (Wildman–Crippen MR) is 79.2 cm³/mol. The summed E-state index contributed by atoms with van der Waals surface area (Å²) in [5.41, 5.74) is 0.994. The van der Waals surface area contributed by atoms with Crippen molar-refractivity contribution in [2.24, 2.45) is 0 Å². The first-order chi connectivity index (χ1) is 8.78. The van der Waals surface area contributed by atoms with Crippen molar-refractivity contribution >= 4 is 23.0 Å². The lowest BCUT2D eigenvalue weighted by molar-refractivity contribution is 0.340. The van der Waals surface area contributed by atoms with Gasteiger partial charge in [-0.15, -0.1) is 0 Å². The van der Waals surface area contributed by atoms with Crippen LogP contribution < -0.4 is 15.4 Å². The van der Waals surface area contributed by atoms with E-state index in [1.807, 2.05) is 31.2 Å². The van der Waals surface area contributed by atoms with Crippen LogP contribution in [-0.2, 0) is 0 Å². The van der Waals surface area contributed by atoms with Crippen LogP contribution in [0.4, 0.5) is 5.69 Å². The first-order valence-corrected chi connectivity index (χ1v) is 6.99. The zero-order valence-electron chi connectivity index (χ0n) is 10.7. The fourth-order valence-corrected chi connectivity index (χ4v) is 2.51. The zero-order chi connectivity index (χ0) is 12.8. The van der Waals surface area contributed by atoms with E-state index < -0.39 is 0 Å². The Balaban J connectivity index is 1.82. The fourth-order valence-electron chi connectivity index (χ4n) is 2.22. The molecule has 0 atom stereocenters. The summed E-state index contributed by atoms with van der Waals surface area (Å²) in [6, 6.07) is 8.41. The van der Waals surface area contributed by atoms with Crippen molar-refractivity contribution in [2.45, 2.75) is 38.6 Å². The maximum absolute atomic E-state index is 5.40. The van der Waals surface area contributed by atoms with Crippen LogP contribution in [0.3, 0.4) is 0 Å². The molecule has 1 aromatic carbocycles. The lowest BCUT2D eigenvalue weighted by atomic mass is 10.2. The van der Waals surface area contributed by atoms with Gasteiger partial charge in [0.05, 0.1) is 6.61 Å². The highest BCUT2D eigenvalue weighted by Crippen LogP contribution is 2.18. The summed E-state index contributed by atoms with van der Waals surface area (Å²) in [6.45, 7) is 2.67. The molecule has 1 aliphatic rings. The number of benzene rings is 1. The first-order valence-electron chi connectivity index (χ1n) is 6.58. The average Bonchev–Trinajstić information content (AvgIpc) is 2.84. The molecule has 0 saturated heterocycles. The lowest BCUT2D eigenvalue weighted by Crippen LogP contribution is -2.35. The molecule has 0 amide bonds. The molecule has 98 valence electrons. The van der Waals surface area contributed by atoms with Crippen molar-refractivity contribution in [1.29, 1.82) is 0 Å². The highest BCUT2D eigenvalue weighted by atomic mass is 32.1. The van der Waals surface area contributed by atoms with E-state index in [0.29, 0.717) is 17.8 Å². The fraction of sp³-hybridized carbons (Fsp3) is 0.500. The molecule has 0 spiro atoms. The van der Waals surface area contributed by atoms with Gasteiger partial charge in [-0.1, -0.05) is 12.8 Å². The molecule has 3 nitrogen and oxygen atoms in total. The van der Waals surface area contributed by atoms with Crippen molar-refractivity contribution in [2.75, 3.05) is 11.9 Å². The molecule has 1 fully saturated rings. The van der Waals surface area contributed by atoms with Gasteiger partial charge in [0.1, 0.15) is 5.75 Å². The van der Waals surface area contributed by atoms with Gasteiger partial charge in [0.2, 0.25) is 0 Å². The summed E-state index contributed by atoms with van der Waals surface area (Å²) >= 11 is 5.30. The molecule has 1 aromatic rings. The normalized spacial score (nSPS) is 15.4. The molecule has 0 aliphatic heterocycles. The monoisotopic (exact) mass is 264 g/mol. The Bertz CT molecular complexity index is 385. The summed E-state index contributed by atoms with van der Waals surface area (Å²) in [5.74, 6) is 0.887. The maximum atomic E-state index is 5.40. The summed E-state index contributed by atoms with van der Waals surface area (Å²) in [5, 5.41) is 7.27. The zero-order valence-corrected chi connectivity index (χ0v) is 11.6. The second-order valence-corrected chi connectivity index (χ2v) is 4.95. The minimum absolute atomic E-state index is 0.549. The van der Waals surface area contributed by atoms with Gasteiger partial charge in [0.15, 0.2) is 5.11 Å². The third-order valence-electron chi connectivity index (χ3n) is 3.11. The Morgan fingerprint density at radius 2 is 1.94 bits per heavy atom. The van der Waals surface area contributed by atoms with Crippen LogP contribution in [0.15, 0.2) is 24.3 Å². The van der Waals surface area contributed by atoms with Gasteiger partial charge in [0, 0.05) is 11.7 Å². The number of rotatable bonds is 4. The number of ether oxygens (including phenoxy) is 1. The predicted octanol–water partition coefficient (Wildman–Crippen LogP) is 3.31. The van der Waals surface area contributed by atoms with Crippen LogP contribution in [0.2, 0.25) is 0 Å². The van der Waals surface area contributed by atoms with Crippen LogP contribution in [-0.4, -0.2) is 17.8 Å². The van der Waals surface area contributed by atoms with Gasteiger partial charge >= 0.3 is 0 Å². The molecule has 1 aliphatic carbocycles. The van der Waals surface area contributed by atoms with Crippen LogP contribution in [0.25, 0.3) is 0 Å². The summed E-state index contributed by atoms with van der Waals surface area (Å²) in [7, 11) is 0. The van der Waals surface area contributed by atoms with Crippen LogP contribution in [0, 0.1) is 0 Å². The second-order valence-electron chi connectivity index (χ2n) is 4.54. The van der Waals surface area contributed by atoms with Crippen molar-refractivity contribution in [1.82, 2.24) is 5.32 Å².